The third kappa shape index (κ3) is 3.56. The summed E-state index contributed by atoms with van der Waals surface area (Å²) in [4.78, 5) is 12.2. The number of ketones is 1. The molecule has 2 aromatic rings. The van der Waals surface area contributed by atoms with Crippen molar-refractivity contribution in [2.24, 2.45) is 0 Å². The zero-order chi connectivity index (χ0) is 13.1. The van der Waals surface area contributed by atoms with E-state index >= 15 is 0 Å². The van der Waals surface area contributed by atoms with Crippen molar-refractivity contribution in [3.8, 4) is 0 Å². The molecule has 0 N–H and O–H groups in total. The molecule has 1 nitrogen and oxygen atoms in total. The highest BCUT2D eigenvalue weighted by Crippen LogP contribution is 2.21. The fraction of sp³-hybridized carbons (Fsp3) is 0.0714. The molecule has 4 heteroatoms. The lowest BCUT2D eigenvalue weighted by Gasteiger charge is -2.05. The van der Waals surface area contributed by atoms with E-state index in [0.717, 1.165) is 19.2 Å². The van der Waals surface area contributed by atoms with Crippen LogP contribution in [0.5, 0.6) is 0 Å². The second-order valence-corrected chi connectivity index (χ2v) is 6.39. The predicted octanol–water partition coefficient (Wildman–Crippen LogP) is 5.13. The van der Waals surface area contributed by atoms with Gasteiger partial charge in [-0.25, -0.2) is 0 Å². The minimum Gasteiger partial charge on any atom is -0.294 e. The molecule has 0 aromatic heterocycles. The predicted molar refractivity (Wildman–Crippen MR) is 86.3 cm³/mol. The molecule has 0 unspecified atom stereocenters. The molecule has 0 heterocycles. The average Bonchev–Trinajstić information content (AvgIpc) is 2.35. The fourth-order valence-corrected chi connectivity index (χ4v) is 2.68. The number of carbonyl (C=O) groups is 1. The number of rotatable bonds is 3. The number of carbonyl (C=O) groups excluding carboxylic acids is 1. The van der Waals surface area contributed by atoms with Gasteiger partial charge in [0, 0.05) is 25.0 Å². The van der Waals surface area contributed by atoms with Crippen LogP contribution in [0.3, 0.4) is 0 Å². The van der Waals surface area contributed by atoms with E-state index in [9.17, 15) is 4.79 Å². The molecule has 0 bridgehead atoms. The molecule has 0 radical (unpaired) electrons. The number of hydrogen-bond donors (Lipinski definition) is 0. The fourth-order valence-electron chi connectivity index (χ4n) is 1.59. The van der Waals surface area contributed by atoms with Gasteiger partial charge in [0.1, 0.15) is 0 Å². The Morgan fingerprint density at radius 1 is 1.17 bits per heavy atom. The Kier molecular flexibility index (Phi) is 4.81. The van der Waals surface area contributed by atoms with E-state index in [1.54, 1.807) is 12.1 Å². The zero-order valence-electron chi connectivity index (χ0n) is 9.29. The van der Waals surface area contributed by atoms with Crippen LogP contribution in [-0.4, -0.2) is 5.78 Å². The number of benzene rings is 2. The van der Waals surface area contributed by atoms with Crippen LogP contribution in [0.1, 0.15) is 15.9 Å². The maximum atomic E-state index is 12.2. The smallest absolute Gasteiger partial charge is 0.168 e. The Morgan fingerprint density at radius 2 is 1.83 bits per heavy atom. The first-order valence-electron chi connectivity index (χ1n) is 5.29. The van der Waals surface area contributed by atoms with Crippen molar-refractivity contribution in [2.75, 3.05) is 0 Å². The van der Waals surface area contributed by atoms with Gasteiger partial charge < -0.3 is 0 Å². The van der Waals surface area contributed by atoms with Crippen LogP contribution in [0.4, 0.5) is 0 Å². The van der Waals surface area contributed by atoms with Crippen molar-refractivity contribution in [2.45, 2.75) is 6.42 Å². The SMILES string of the molecule is O=C(Cc1ccc(Cl)cc1)c1cc(I)ccc1Br. The summed E-state index contributed by atoms with van der Waals surface area (Å²) in [6.45, 7) is 0. The van der Waals surface area contributed by atoms with E-state index in [2.05, 4.69) is 38.5 Å². The summed E-state index contributed by atoms with van der Waals surface area (Å²) in [5.74, 6) is 0.0997. The van der Waals surface area contributed by atoms with Gasteiger partial charge in [0.15, 0.2) is 5.78 Å². The summed E-state index contributed by atoms with van der Waals surface area (Å²) in [7, 11) is 0. The molecule has 2 rings (SSSR count). The monoisotopic (exact) mass is 434 g/mol. The molecule has 0 amide bonds. The summed E-state index contributed by atoms with van der Waals surface area (Å²) in [6, 6.07) is 13.1. The lowest BCUT2D eigenvalue weighted by molar-refractivity contribution is 0.0992. The maximum Gasteiger partial charge on any atom is 0.168 e. The normalized spacial score (nSPS) is 10.4. The van der Waals surface area contributed by atoms with E-state index in [1.165, 1.54) is 0 Å². The molecule has 2 aromatic carbocycles. The standard InChI is InChI=1S/C14H9BrClIO/c15-13-6-5-11(17)8-12(13)14(18)7-9-1-3-10(16)4-2-9/h1-6,8H,7H2. The molecule has 18 heavy (non-hydrogen) atoms. The molecule has 0 spiro atoms. The largest absolute Gasteiger partial charge is 0.294 e. The summed E-state index contributed by atoms with van der Waals surface area (Å²) in [5, 5.41) is 0.682. The zero-order valence-corrected chi connectivity index (χ0v) is 13.8. The van der Waals surface area contributed by atoms with E-state index in [4.69, 9.17) is 11.6 Å². The molecular formula is C14H9BrClIO. The minimum absolute atomic E-state index is 0.0997. The van der Waals surface area contributed by atoms with E-state index in [-0.39, 0.29) is 5.78 Å². The van der Waals surface area contributed by atoms with Crippen LogP contribution >= 0.6 is 50.1 Å². The Morgan fingerprint density at radius 3 is 2.50 bits per heavy atom. The van der Waals surface area contributed by atoms with Crippen LogP contribution in [0.2, 0.25) is 5.02 Å². The number of halogens is 3. The first-order chi connectivity index (χ1) is 8.56. The van der Waals surface area contributed by atoms with Gasteiger partial charge in [-0.05, 0) is 58.5 Å². The van der Waals surface area contributed by atoms with Gasteiger partial charge in [0.25, 0.3) is 0 Å². The Balaban J connectivity index is 2.21. The Labute approximate surface area is 133 Å². The molecule has 0 aliphatic heterocycles. The van der Waals surface area contributed by atoms with Gasteiger partial charge in [-0.3, -0.25) is 4.79 Å². The van der Waals surface area contributed by atoms with Gasteiger partial charge in [0.2, 0.25) is 0 Å². The van der Waals surface area contributed by atoms with Crippen molar-refractivity contribution in [1.82, 2.24) is 0 Å². The lowest BCUT2D eigenvalue weighted by atomic mass is 10.0. The van der Waals surface area contributed by atoms with Gasteiger partial charge >= 0.3 is 0 Å². The van der Waals surface area contributed by atoms with Gasteiger partial charge in [-0.1, -0.05) is 39.7 Å². The molecule has 0 aliphatic carbocycles. The van der Waals surface area contributed by atoms with Gasteiger partial charge in [0.05, 0.1) is 0 Å². The molecule has 0 saturated heterocycles. The van der Waals surface area contributed by atoms with E-state index in [1.807, 2.05) is 30.3 Å². The first-order valence-corrected chi connectivity index (χ1v) is 7.54. The molecule has 92 valence electrons. The summed E-state index contributed by atoms with van der Waals surface area (Å²) in [5.41, 5.74) is 1.69. The third-order valence-corrected chi connectivity index (χ3v) is 4.12. The van der Waals surface area contributed by atoms with Crippen molar-refractivity contribution in [1.29, 1.82) is 0 Å². The van der Waals surface area contributed by atoms with E-state index in [0.29, 0.717) is 11.4 Å². The summed E-state index contributed by atoms with van der Waals surface area (Å²) in [6.07, 6.45) is 0.385. The lowest BCUT2D eigenvalue weighted by Crippen LogP contribution is -2.04. The van der Waals surface area contributed by atoms with Crippen LogP contribution in [0, 0.1) is 3.57 Å². The van der Waals surface area contributed by atoms with E-state index < -0.39 is 0 Å². The summed E-state index contributed by atoms with van der Waals surface area (Å²) < 4.78 is 1.89. The van der Waals surface area contributed by atoms with Crippen LogP contribution in [0.15, 0.2) is 46.9 Å². The quantitative estimate of drug-likeness (QED) is 0.482. The van der Waals surface area contributed by atoms with Crippen molar-refractivity contribution in [3.05, 3.63) is 66.7 Å². The highest BCUT2D eigenvalue weighted by atomic mass is 127. The van der Waals surface area contributed by atoms with Crippen molar-refractivity contribution >= 4 is 55.9 Å². The highest BCUT2D eigenvalue weighted by Gasteiger charge is 2.11. The van der Waals surface area contributed by atoms with Gasteiger partial charge in [-0.2, -0.15) is 0 Å². The summed E-state index contributed by atoms with van der Waals surface area (Å²) >= 11 is 11.4. The Hall–Kier alpha value is -0.390. The topological polar surface area (TPSA) is 17.1 Å². The molecule has 0 aliphatic rings. The maximum absolute atomic E-state index is 12.2. The second kappa shape index (κ2) is 6.17. The molecular weight excluding hydrogens is 426 g/mol. The van der Waals surface area contributed by atoms with Crippen molar-refractivity contribution < 1.29 is 4.79 Å². The van der Waals surface area contributed by atoms with Crippen molar-refractivity contribution in [3.63, 3.8) is 0 Å². The first kappa shape index (κ1) is 14.0. The van der Waals surface area contributed by atoms with Crippen LogP contribution in [-0.2, 0) is 6.42 Å². The minimum atomic E-state index is 0.0997. The molecule has 0 fully saturated rings. The average molecular weight is 435 g/mol. The number of Topliss-reactive ketones (excluding diaryl/α,β-unsaturated/α-hetero) is 1. The molecule has 0 atom stereocenters. The third-order valence-electron chi connectivity index (χ3n) is 2.51. The van der Waals surface area contributed by atoms with Crippen LogP contribution in [0.25, 0.3) is 0 Å². The molecule has 0 saturated carbocycles. The van der Waals surface area contributed by atoms with Gasteiger partial charge in [-0.15, -0.1) is 0 Å². The second-order valence-electron chi connectivity index (χ2n) is 3.85. The highest BCUT2D eigenvalue weighted by molar-refractivity contribution is 14.1. The number of hydrogen-bond acceptors (Lipinski definition) is 1. The van der Waals surface area contributed by atoms with Crippen LogP contribution < -0.4 is 0 Å². The Bertz CT molecular complexity index is 581.